The molecule has 0 radical (unpaired) electrons. The molecule has 0 bridgehead atoms. The first-order chi connectivity index (χ1) is 12.2. The van der Waals surface area contributed by atoms with E-state index in [9.17, 15) is 0 Å². The van der Waals surface area contributed by atoms with E-state index in [-0.39, 0.29) is 0 Å². The smallest absolute Gasteiger partial charge is 0.225 e. The third-order valence-corrected chi connectivity index (χ3v) is 4.66. The van der Waals surface area contributed by atoms with Crippen molar-refractivity contribution in [2.45, 2.75) is 19.8 Å². The molecule has 1 aliphatic heterocycles. The highest BCUT2D eigenvalue weighted by Crippen LogP contribution is 2.22. The Kier molecular flexibility index (Phi) is 5.99. The number of aromatic nitrogens is 4. The average Bonchev–Trinajstić information content (AvgIpc) is 2.98. The summed E-state index contributed by atoms with van der Waals surface area (Å²) in [6.45, 7) is 8.08. The van der Waals surface area contributed by atoms with Crippen LogP contribution in [0.1, 0.15) is 18.5 Å². The molecule has 0 atom stereocenters. The van der Waals surface area contributed by atoms with Crippen LogP contribution in [0.5, 0.6) is 0 Å². The molecule has 0 N–H and O–H groups in total. The predicted octanol–water partition coefficient (Wildman–Crippen LogP) is 1.73. The van der Waals surface area contributed by atoms with Crippen LogP contribution in [0, 0.1) is 6.92 Å². The van der Waals surface area contributed by atoms with Crippen molar-refractivity contribution >= 4 is 5.95 Å². The zero-order valence-electron chi connectivity index (χ0n) is 15.5. The number of piperazine rings is 1. The fourth-order valence-electron chi connectivity index (χ4n) is 3.26. The summed E-state index contributed by atoms with van der Waals surface area (Å²) in [5.41, 5.74) is 3.01. The molecule has 0 spiro atoms. The first-order valence-electron chi connectivity index (χ1n) is 8.97. The van der Waals surface area contributed by atoms with Crippen LogP contribution in [0.3, 0.4) is 0 Å². The average molecular weight is 344 g/mol. The Hall–Kier alpha value is -1.99. The molecular formula is C18H28N6O. The van der Waals surface area contributed by atoms with E-state index in [0.29, 0.717) is 0 Å². The Morgan fingerprint density at radius 1 is 1.16 bits per heavy atom. The van der Waals surface area contributed by atoms with Gasteiger partial charge < -0.3 is 9.64 Å². The maximum atomic E-state index is 5.11. The zero-order valence-corrected chi connectivity index (χ0v) is 15.5. The van der Waals surface area contributed by atoms with Crippen molar-refractivity contribution < 1.29 is 4.74 Å². The fourth-order valence-corrected chi connectivity index (χ4v) is 3.26. The summed E-state index contributed by atoms with van der Waals surface area (Å²) in [5, 5.41) is 4.41. The van der Waals surface area contributed by atoms with Crippen molar-refractivity contribution in [2.75, 3.05) is 51.3 Å². The first kappa shape index (κ1) is 17.8. The Bertz CT molecular complexity index is 678. The summed E-state index contributed by atoms with van der Waals surface area (Å²) >= 11 is 0. The Morgan fingerprint density at radius 2 is 1.96 bits per heavy atom. The maximum Gasteiger partial charge on any atom is 0.225 e. The monoisotopic (exact) mass is 344 g/mol. The maximum absolute atomic E-state index is 5.11. The number of unbranched alkanes of at least 4 members (excludes halogenated alkanes) is 1. The molecule has 0 saturated carbocycles. The van der Waals surface area contributed by atoms with E-state index >= 15 is 0 Å². The molecule has 3 heterocycles. The van der Waals surface area contributed by atoms with Crippen LogP contribution in [0.4, 0.5) is 5.95 Å². The topological polar surface area (TPSA) is 59.3 Å². The van der Waals surface area contributed by atoms with E-state index in [0.717, 1.165) is 68.7 Å². The van der Waals surface area contributed by atoms with Crippen LogP contribution in [0.2, 0.25) is 0 Å². The quantitative estimate of drug-likeness (QED) is 0.713. The summed E-state index contributed by atoms with van der Waals surface area (Å²) in [4.78, 5) is 14.1. The highest BCUT2D eigenvalue weighted by molar-refractivity contribution is 5.61. The molecule has 0 aromatic carbocycles. The number of ether oxygens (including phenoxy) is 1. The molecule has 0 aliphatic carbocycles. The van der Waals surface area contributed by atoms with Gasteiger partial charge in [-0.05, 0) is 32.4 Å². The minimum absolute atomic E-state index is 0.819. The number of nitrogens with zero attached hydrogens (tertiary/aromatic N) is 6. The van der Waals surface area contributed by atoms with Crippen LogP contribution >= 0.6 is 0 Å². The van der Waals surface area contributed by atoms with Gasteiger partial charge in [0.25, 0.3) is 0 Å². The fraction of sp³-hybridized carbons (Fsp3) is 0.611. The molecular weight excluding hydrogens is 316 g/mol. The molecule has 1 fully saturated rings. The molecule has 0 amide bonds. The van der Waals surface area contributed by atoms with Crippen LogP contribution in [-0.2, 0) is 11.8 Å². The predicted molar refractivity (Wildman–Crippen MR) is 98.7 cm³/mol. The molecule has 0 unspecified atom stereocenters. The molecule has 136 valence electrons. The minimum Gasteiger partial charge on any atom is -0.385 e. The SMILES string of the molecule is COCCCCN1CCN(c2nccc(-c3cn(C)nc3C)n2)CC1. The molecule has 1 saturated heterocycles. The summed E-state index contributed by atoms with van der Waals surface area (Å²) in [6, 6.07) is 1.96. The molecule has 2 aromatic heterocycles. The Morgan fingerprint density at radius 3 is 2.64 bits per heavy atom. The van der Waals surface area contributed by atoms with Crippen LogP contribution < -0.4 is 4.90 Å². The molecule has 25 heavy (non-hydrogen) atoms. The lowest BCUT2D eigenvalue weighted by Gasteiger charge is -2.34. The van der Waals surface area contributed by atoms with Crippen LogP contribution in [0.25, 0.3) is 11.3 Å². The van der Waals surface area contributed by atoms with Gasteiger partial charge in [-0.25, -0.2) is 9.97 Å². The van der Waals surface area contributed by atoms with E-state index in [4.69, 9.17) is 9.72 Å². The van der Waals surface area contributed by atoms with Gasteiger partial charge in [-0.15, -0.1) is 0 Å². The number of aryl methyl sites for hydroxylation is 2. The van der Waals surface area contributed by atoms with Gasteiger partial charge in [-0.2, -0.15) is 5.10 Å². The van der Waals surface area contributed by atoms with Gasteiger partial charge in [0.2, 0.25) is 5.95 Å². The Balaban J connectivity index is 1.59. The van der Waals surface area contributed by atoms with Crippen molar-refractivity contribution in [3.63, 3.8) is 0 Å². The van der Waals surface area contributed by atoms with Gasteiger partial charge in [0.1, 0.15) is 0 Å². The van der Waals surface area contributed by atoms with Gasteiger partial charge in [0.15, 0.2) is 0 Å². The second-order valence-corrected chi connectivity index (χ2v) is 6.57. The number of hydrogen-bond acceptors (Lipinski definition) is 6. The summed E-state index contributed by atoms with van der Waals surface area (Å²) < 4.78 is 6.94. The number of anilines is 1. The van der Waals surface area contributed by atoms with Crippen molar-refractivity contribution in [1.82, 2.24) is 24.6 Å². The molecule has 7 heteroatoms. The van der Waals surface area contributed by atoms with E-state index in [1.165, 1.54) is 6.42 Å². The van der Waals surface area contributed by atoms with Crippen molar-refractivity contribution in [1.29, 1.82) is 0 Å². The van der Waals surface area contributed by atoms with E-state index in [2.05, 4.69) is 19.9 Å². The highest BCUT2D eigenvalue weighted by Gasteiger charge is 2.19. The normalized spacial score (nSPS) is 15.7. The Labute approximate surface area is 149 Å². The van der Waals surface area contributed by atoms with E-state index in [1.54, 1.807) is 7.11 Å². The molecule has 2 aromatic rings. The highest BCUT2D eigenvalue weighted by atomic mass is 16.5. The summed E-state index contributed by atoms with van der Waals surface area (Å²) in [5.74, 6) is 0.819. The summed E-state index contributed by atoms with van der Waals surface area (Å²) in [6.07, 6.45) is 6.19. The molecule has 7 nitrogen and oxygen atoms in total. The van der Waals surface area contributed by atoms with Gasteiger partial charge >= 0.3 is 0 Å². The standard InChI is InChI=1S/C18H28N6O/c1-15-16(14-22(2)21-15)17-6-7-19-18(20-17)24-11-9-23(10-12-24)8-4-5-13-25-3/h6-7,14H,4-5,8-13H2,1-3H3. The lowest BCUT2D eigenvalue weighted by Crippen LogP contribution is -2.47. The van der Waals surface area contributed by atoms with Gasteiger partial charge in [0, 0.05) is 64.9 Å². The van der Waals surface area contributed by atoms with Gasteiger partial charge in [0.05, 0.1) is 11.4 Å². The lowest BCUT2D eigenvalue weighted by molar-refractivity contribution is 0.182. The molecule has 3 rings (SSSR count). The van der Waals surface area contributed by atoms with Crippen LogP contribution in [-0.4, -0.2) is 71.1 Å². The number of rotatable bonds is 7. The van der Waals surface area contributed by atoms with Gasteiger partial charge in [-0.1, -0.05) is 0 Å². The van der Waals surface area contributed by atoms with E-state index < -0.39 is 0 Å². The first-order valence-corrected chi connectivity index (χ1v) is 8.97. The second-order valence-electron chi connectivity index (χ2n) is 6.57. The molecule has 1 aliphatic rings. The van der Waals surface area contributed by atoms with Crippen LogP contribution in [0.15, 0.2) is 18.5 Å². The minimum atomic E-state index is 0.819. The van der Waals surface area contributed by atoms with E-state index in [1.807, 2.05) is 37.1 Å². The largest absolute Gasteiger partial charge is 0.385 e. The third kappa shape index (κ3) is 4.55. The third-order valence-electron chi connectivity index (χ3n) is 4.66. The van der Waals surface area contributed by atoms with Crippen molar-refractivity contribution in [3.05, 3.63) is 24.2 Å². The van der Waals surface area contributed by atoms with Crippen molar-refractivity contribution in [3.8, 4) is 11.3 Å². The second kappa shape index (κ2) is 8.40. The van der Waals surface area contributed by atoms with Gasteiger partial charge in [-0.3, -0.25) is 9.58 Å². The lowest BCUT2D eigenvalue weighted by atomic mass is 10.2. The van der Waals surface area contributed by atoms with Crippen molar-refractivity contribution in [2.24, 2.45) is 7.05 Å². The number of hydrogen-bond donors (Lipinski definition) is 0. The summed E-state index contributed by atoms with van der Waals surface area (Å²) in [7, 11) is 3.70. The zero-order chi connectivity index (χ0) is 17.6. The number of methoxy groups -OCH3 is 1.